The van der Waals surface area contributed by atoms with Gasteiger partial charge in [0.1, 0.15) is 16.7 Å². The number of hydrogen-bond donors (Lipinski definition) is 1. The third kappa shape index (κ3) is 2.81. The molecule has 0 atom stereocenters. The zero-order chi connectivity index (χ0) is 18.5. The summed E-state index contributed by atoms with van der Waals surface area (Å²) < 4.78 is 2.07. The molecule has 0 bridgehead atoms. The van der Waals surface area contributed by atoms with Crippen molar-refractivity contribution in [3.8, 4) is 11.1 Å². The van der Waals surface area contributed by atoms with Crippen molar-refractivity contribution in [1.82, 2.24) is 9.55 Å². The third-order valence-electron chi connectivity index (χ3n) is 4.31. The van der Waals surface area contributed by atoms with Crippen LogP contribution in [0.15, 0.2) is 33.8 Å². The summed E-state index contributed by atoms with van der Waals surface area (Å²) in [5.74, 6) is -1.08. The fourth-order valence-electron chi connectivity index (χ4n) is 2.76. The van der Waals surface area contributed by atoms with Crippen LogP contribution in [0.5, 0.6) is 0 Å². The second-order valence-electron chi connectivity index (χ2n) is 6.48. The molecule has 0 amide bonds. The largest absolute Gasteiger partial charge is 0.480 e. The van der Waals surface area contributed by atoms with E-state index in [2.05, 4.69) is 20.9 Å². The Balaban J connectivity index is 2.42. The number of carbonyl (C=O) groups is 1. The molecule has 0 aliphatic rings. The molecule has 2 heterocycles. The normalized spacial score (nSPS) is 11.9. The highest BCUT2D eigenvalue weighted by atomic mass is 79.9. The molecule has 25 heavy (non-hydrogen) atoms. The number of aromatic nitrogens is 2. The fraction of sp³-hybridized carbons (Fsp3) is 0.278. The maximum absolute atomic E-state index is 13.1. The average Bonchev–Trinajstić information content (AvgIpc) is 2.86. The Labute approximate surface area is 157 Å². The van der Waals surface area contributed by atoms with E-state index in [-0.39, 0.29) is 5.56 Å². The van der Waals surface area contributed by atoms with Crippen molar-refractivity contribution < 1.29 is 9.90 Å². The van der Waals surface area contributed by atoms with Gasteiger partial charge in [-0.25, -0.2) is 9.78 Å². The minimum Gasteiger partial charge on any atom is -0.480 e. The van der Waals surface area contributed by atoms with Gasteiger partial charge >= 0.3 is 5.97 Å². The van der Waals surface area contributed by atoms with Crippen LogP contribution in [0, 0.1) is 13.8 Å². The number of aliphatic carboxylic acids is 1. The molecule has 5 nitrogen and oxygen atoms in total. The minimum atomic E-state index is -1.38. The predicted octanol–water partition coefficient (Wildman–Crippen LogP) is 4.32. The molecular weight excluding hydrogens is 404 g/mol. The third-order valence-corrected chi connectivity index (χ3v) is 6.01. The lowest BCUT2D eigenvalue weighted by molar-refractivity contribution is -0.145. The van der Waals surface area contributed by atoms with E-state index in [0.717, 1.165) is 26.0 Å². The minimum absolute atomic E-state index is 0.342. The lowest BCUT2D eigenvalue weighted by Crippen LogP contribution is -2.42. The van der Waals surface area contributed by atoms with Crippen molar-refractivity contribution in [1.29, 1.82) is 0 Å². The molecule has 3 rings (SSSR count). The van der Waals surface area contributed by atoms with Gasteiger partial charge in [-0.1, -0.05) is 33.6 Å². The zero-order valence-corrected chi connectivity index (χ0v) is 16.7. The molecule has 1 aromatic carbocycles. The van der Waals surface area contributed by atoms with Gasteiger partial charge in [0.25, 0.3) is 5.56 Å². The van der Waals surface area contributed by atoms with Crippen LogP contribution >= 0.6 is 27.3 Å². The lowest BCUT2D eigenvalue weighted by atomic mass is 10.0. The number of aryl methyl sites for hydroxylation is 2. The summed E-state index contributed by atoms with van der Waals surface area (Å²) in [7, 11) is 0. The number of halogens is 1. The van der Waals surface area contributed by atoms with Crippen LogP contribution in [0.25, 0.3) is 21.3 Å². The van der Waals surface area contributed by atoms with Crippen LogP contribution < -0.4 is 5.56 Å². The Bertz CT molecular complexity index is 1070. The molecule has 0 fully saturated rings. The maximum Gasteiger partial charge on any atom is 0.329 e. The number of fused-ring (bicyclic) bond motifs is 1. The molecule has 130 valence electrons. The molecule has 3 aromatic rings. The van der Waals surface area contributed by atoms with Crippen molar-refractivity contribution in [3.05, 3.63) is 49.8 Å². The highest BCUT2D eigenvalue weighted by Gasteiger charge is 2.32. The number of thiophene rings is 1. The number of nitrogens with zero attached hydrogens (tertiary/aromatic N) is 2. The van der Waals surface area contributed by atoms with Crippen LogP contribution in [-0.4, -0.2) is 20.6 Å². The van der Waals surface area contributed by atoms with Gasteiger partial charge in [0.05, 0.1) is 5.39 Å². The van der Waals surface area contributed by atoms with Crippen molar-refractivity contribution in [2.75, 3.05) is 0 Å². The molecule has 0 radical (unpaired) electrons. The summed E-state index contributed by atoms with van der Waals surface area (Å²) in [5, 5.41) is 9.93. The van der Waals surface area contributed by atoms with Crippen molar-refractivity contribution in [3.63, 3.8) is 0 Å². The smallest absolute Gasteiger partial charge is 0.329 e. The van der Waals surface area contributed by atoms with Gasteiger partial charge < -0.3 is 5.11 Å². The zero-order valence-electron chi connectivity index (χ0n) is 14.3. The second kappa shape index (κ2) is 6.07. The Morgan fingerprint density at radius 2 is 2.00 bits per heavy atom. The SMILES string of the molecule is Cc1ccc(Br)c(-c2c(C)sc3ncn(C(C)(C)C(=O)O)c(=O)c23)c1. The summed E-state index contributed by atoms with van der Waals surface area (Å²) in [6, 6.07) is 5.95. The topological polar surface area (TPSA) is 72.2 Å². The number of carboxylic acid groups (broad SMARTS) is 1. The number of hydrogen-bond acceptors (Lipinski definition) is 4. The molecule has 1 N–H and O–H groups in total. The van der Waals surface area contributed by atoms with E-state index in [1.54, 1.807) is 0 Å². The summed E-state index contributed by atoms with van der Waals surface area (Å²) in [6.45, 7) is 6.92. The standard InChI is InChI=1S/C18H17BrN2O3S/c1-9-5-6-12(19)11(7-9)13-10(2)25-15-14(13)16(22)21(8-20-15)18(3,4)17(23)24/h5-8H,1-4H3,(H,23,24). The molecule has 0 spiro atoms. The van der Waals surface area contributed by atoms with Crippen LogP contribution in [0.1, 0.15) is 24.3 Å². The van der Waals surface area contributed by atoms with Gasteiger partial charge in [0.15, 0.2) is 0 Å². The van der Waals surface area contributed by atoms with Crippen molar-refractivity contribution in [2.24, 2.45) is 0 Å². The van der Waals surface area contributed by atoms with Crippen LogP contribution in [0.3, 0.4) is 0 Å². The Kier molecular flexibility index (Phi) is 4.33. The maximum atomic E-state index is 13.1. The van der Waals surface area contributed by atoms with E-state index in [1.807, 2.05) is 32.0 Å². The molecule has 7 heteroatoms. The first kappa shape index (κ1) is 17.8. The number of carboxylic acids is 1. The van der Waals surface area contributed by atoms with Crippen LogP contribution in [-0.2, 0) is 10.3 Å². The van der Waals surface area contributed by atoms with Crippen LogP contribution in [0.2, 0.25) is 0 Å². The van der Waals surface area contributed by atoms with Gasteiger partial charge in [-0.15, -0.1) is 11.3 Å². The summed E-state index contributed by atoms with van der Waals surface area (Å²) >= 11 is 5.00. The van der Waals surface area contributed by atoms with E-state index in [1.165, 1.54) is 36.1 Å². The van der Waals surface area contributed by atoms with E-state index in [0.29, 0.717) is 10.2 Å². The van der Waals surface area contributed by atoms with Gasteiger partial charge in [0.2, 0.25) is 0 Å². The molecular formula is C18H17BrN2O3S. The molecule has 0 saturated carbocycles. The predicted molar refractivity (Wildman–Crippen MR) is 103 cm³/mol. The average molecular weight is 421 g/mol. The highest BCUT2D eigenvalue weighted by Crippen LogP contribution is 2.39. The molecule has 2 aromatic heterocycles. The van der Waals surface area contributed by atoms with E-state index < -0.39 is 11.5 Å². The molecule has 0 aliphatic heterocycles. The summed E-state index contributed by atoms with van der Waals surface area (Å²) in [4.78, 5) is 30.6. The number of rotatable bonds is 3. The first-order valence-electron chi connectivity index (χ1n) is 7.65. The first-order chi connectivity index (χ1) is 11.6. The van der Waals surface area contributed by atoms with Crippen molar-refractivity contribution in [2.45, 2.75) is 33.2 Å². The van der Waals surface area contributed by atoms with E-state index in [9.17, 15) is 14.7 Å². The van der Waals surface area contributed by atoms with Gasteiger partial charge in [-0.2, -0.15) is 0 Å². The monoisotopic (exact) mass is 420 g/mol. The van der Waals surface area contributed by atoms with Gasteiger partial charge in [-0.05, 0) is 39.3 Å². The fourth-order valence-corrected chi connectivity index (χ4v) is 4.20. The molecule has 0 aliphatic carbocycles. The second-order valence-corrected chi connectivity index (χ2v) is 8.54. The lowest BCUT2D eigenvalue weighted by Gasteiger charge is -2.22. The van der Waals surface area contributed by atoms with Gasteiger partial charge in [-0.3, -0.25) is 9.36 Å². The number of benzene rings is 1. The summed E-state index contributed by atoms with van der Waals surface area (Å²) in [6.07, 6.45) is 1.32. The van der Waals surface area contributed by atoms with Crippen molar-refractivity contribution >= 4 is 43.5 Å². The quantitative estimate of drug-likeness (QED) is 0.684. The van der Waals surface area contributed by atoms with E-state index >= 15 is 0 Å². The first-order valence-corrected chi connectivity index (χ1v) is 9.26. The van der Waals surface area contributed by atoms with E-state index in [4.69, 9.17) is 0 Å². The Hall–Kier alpha value is -1.99. The molecule has 0 unspecified atom stereocenters. The Morgan fingerprint density at radius 3 is 2.64 bits per heavy atom. The van der Waals surface area contributed by atoms with Gasteiger partial charge in [0, 0.05) is 14.9 Å². The molecule has 0 saturated heterocycles. The highest BCUT2D eigenvalue weighted by molar-refractivity contribution is 9.10. The van der Waals surface area contributed by atoms with Crippen LogP contribution in [0.4, 0.5) is 0 Å². The Morgan fingerprint density at radius 1 is 1.32 bits per heavy atom. The summed E-state index contributed by atoms with van der Waals surface area (Å²) in [5.41, 5.74) is 1.07.